The van der Waals surface area contributed by atoms with Gasteiger partial charge in [-0.2, -0.15) is 12.6 Å². The fraction of sp³-hybridized carbons (Fsp3) is 1.00. The molecular formula is C9H19NO5S. The molecule has 4 N–H and O–H groups in total. The van der Waals surface area contributed by atoms with E-state index in [9.17, 15) is 10.2 Å². The van der Waals surface area contributed by atoms with Gasteiger partial charge in [0.1, 0.15) is 18.3 Å². The van der Waals surface area contributed by atoms with Crippen LogP contribution in [0.4, 0.5) is 0 Å². The van der Waals surface area contributed by atoms with Gasteiger partial charge >= 0.3 is 0 Å². The van der Waals surface area contributed by atoms with Crippen LogP contribution in [0.5, 0.6) is 0 Å². The largest absolute Gasteiger partial charge is 0.394 e. The van der Waals surface area contributed by atoms with Gasteiger partial charge in [-0.3, -0.25) is 0 Å². The highest BCUT2D eigenvalue weighted by molar-refractivity contribution is 7.80. The molecule has 1 aliphatic rings. The van der Waals surface area contributed by atoms with Crippen molar-refractivity contribution in [3.8, 4) is 0 Å². The van der Waals surface area contributed by atoms with Crippen LogP contribution in [0.15, 0.2) is 0 Å². The summed E-state index contributed by atoms with van der Waals surface area (Å²) >= 11 is 4.03. The topological polar surface area (TPSA) is 91.2 Å². The molecule has 5 atom stereocenters. The zero-order chi connectivity index (χ0) is 12.1. The van der Waals surface area contributed by atoms with Crippen molar-refractivity contribution in [2.45, 2.75) is 30.6 Å². The smallest absolute Gasteiger partial charge is 0.185 e. The zero-order valence-corrected chi connectivity index (χ0v) is 10.0. The van der Waals surface area contributed by atoms with Crippen molar-refractivity contribution < 1.29 is 24.8 Å². The number of methoxy groups -OCH3 is 1. The normalized spacial score (nSPS) is 39.9. The minimum Gasteiger partial charge on any atom is -0.394 e. The minimum absolute atomic E-state index is 0.327. The number of hydrogen-bond donors (Lipinski definition) is 5. The first-order chi connectivity index (χ1) is 7.65. The van der Waals surface area contributed by atoms with Crippen molar-refractivity contribution in [2.24, 2.45) is 0 Å². The van der Waals surface area contributed by atoms with Gasteiger partial charge in [0.25, 0.3) is 0 Å². The maximum Gasteiger partial charge on any atom is 0.185 e. The second kappa shape index (κ2) is 6.75. The average molecular weight is 253 g/mol. The molecule has 0 spiro atoms. The van der Waals surface area contributed by atoms with Crippen molar-refractivity contribution in [1.82, 2.24) is 5.32 Å². The lowest BCUT2D eigenvalue weighted by Gasteiger charge is -2.41. The third-order valence-electron chi connectivity index (χ3n) is 2.61. The molecule has 1 heterocycles. The van der Waals surface area contributed by atoms with E-state index in [2.05, 4.69) is 17.9 Å². The summed E-state index contributed by atoms with van der Waals surface area (Å²) in [6, 6.07) is -0.594. The summed E-state index contributed by atoms with van der Waals surface area (Å²) in [7, 11) is 1.40. The third kappa shape index (κ3) is 3.07. The van der Waals surface area contributed by atoms with Gasteiger partial charge in [-0.15, -0.1) is 0 Å². The third-order valence-corrected chi connectivity index (χ3v) is 2.83. The number of aliphatic hydroxyl groups is 3. The van der Waals surface area contributed by atoms with Crippen molar-refractivity contribution in [1.29, 1.82) is 0 Å². The van der Waals surface area contributed by atoms with Gasteiger partial charge in [-0.05, 0) is 0 Å². The summed E-state index contributed by atoms with van der Waals surface area (Å²) in [5, 5.41) is 31.7. The Morgan fingerprint density at radius 3 is 2.56 bits per heavy atom. The molecule has 6 nitrogen and oxygen atoms in total. The molecule has 1 fully saturated rings. The van der Waals surface area contributed by atoms with Crippen LogP contribution < -0.4 is 5.32 Å². The first-order valence-electron chi connectivity index (χ1n) is 5.15. The monoisotopic (exact) mass is 253 g/mol. The second-order valence-corrected chi connectivity index (χ2v) is 4.09. The van der Waals surface area contributed by atoms with Gasteiger partial charge in [0.15, 0.2) is 6.29 Å². The van der Waals surface area contributed by atoms with E-state index in [-0.39, 0.29) is 6.61 Å². The molecule has 0 bridgehead atoms. The molecule has 16 heavy (non-hydrogen) atoms. The highest BCUT2D eigenvalue weighted by Gasteiger charge is 2.44. The van der Waals surface area contributed by atoms with Crippen LogP contribution in [0.3, 0.4) is 0 Å². The van der Waals surface area contributed by atoms with E-state index in [1.165, 1.54) is 7.11 Å². The molecule has 0 saturated carbocycles. The van der Waals surface area contributed by atoms with Gasteiger partial charge in [0, 0.05) is 19.4 Å². The lowest BCUT2D eigenvalue weighted by atomic mass is 9.96. The summed E-state index contributed by atoms with van der Waals surface area (Å²) in [5.74, 6) is 0.582. The van der Waals surface area contributed by atoms with E-state index in [1.807, 2.05) is 0 Å². The standard InChI is InChI=1S/C9H19NO5S/c1-14-9-8(13)6(10-2-3-16)7(12)5(4-11)15-9/h5-13,16H,2-4H2,1H3/t5-,6-,7-,8+,9?/m1/s1. The molecular weight excluding hydrogens is 234 g/mol. The van der Waals surface area contributed by atoms with E-state index in [0.717, 1.165) is 0 Å². The molecule has 0 aromatic rings. The fourth-order valence-electron chi connectivity index (χ4n) is 1.75. The van der Waals surface area contributed by atoms with Gasteiger partial charge in [-0.1, -0.05) is 0 Å². The number of thiol groups is 1. The Morgan fingerprint density at radius 2 is 2.06 bits per heavy atom. The number of rotatable bonds is 5. The summed E-state index contributed by atoms with van der Waals surface area (Å²) < 4.78 is 10.1. The first-order valence-corrected chi connectivity index (χ1v) is 5.78. The Hall–Kier alpha value is 0.110. The Balaban J connectivity index is 2.67. The van der Waals surface area contributed by atoms with Crippen LogP contribution in [-0.4, -0.2) is 72.0 Å². The predicted octanol–water partition coefficient (Wildman–Crippen LogP) is -2.04. The number of hydrogen-bond acceptors (Lipinski definition) is 7. The maximum atomic E-state index is 9.86. The van der Waals surface area contributed by atoms with E-state index < -0.39 is 30.6 Å². The average Bonchev–Trinajstić information content (AvgIpc) is 2.29. The van der Waals surface area contributed by atoms with Crippen LogP contribution in [0.1, 0.15) is 0 Å². The number of ether oxygens (including phenoxy) is 2. The highest BCUT2D eigenvalue weighted by Crippen LogP contribution is 2.21. The molecule has 96 valence electrons. The van der Waals surface area contributed by atoms with Crippen LogP contribution in [0, 0.1) is 0 Å². The second-order valence-electron chi connectivity index (χ2n) is 3.65. The first kappa shape index (κ1) is 14.2. The molecule has 0 aromatic heterocycles. The SMILES string of the molecule is COC1O[C@H](CO)[C@@H](O)[C@@H](NCCS)[C@@H]1O. The summed E-state index contributed by atoms with van der Waals surface area (Å²) in [4.78, 5) is 0. The molecule has 7 heteroatoms. The lowest BCUT2D eigenvalue weighted by Crippen LogP contribution is -2.64. The molecule has 1 saturated heterocycles. The van der Waals surface area contributed by atoms with Crippen molar-refractivity contribution in [3.05, 3.63) is 0 Å². The molecule has 0 aromatic carbocycles. The van der Waals surface area contributed by atoms with Crippen LogP contribution >= 0.6 is 12.6 Å². The van der Waals surface area contributed by atoms with Gasteiger partial charge in [-0.25, -0.2) is 0 Å². The fourth-order valence-corrected chi connectivity index (χ4v) is 1.88. The van der Waals surface area contributed by atoms with Gasteiger partial charge < -0.3 is 30.1 Å². The van der Waals surface area contributed by atoms with E-state index in [4.69, 9.17) is 14.6 Å². The molecule has 0 amide bonds. The summed E-state index contributed by atoms with van der Waals surface area (Å²) in [6.07, 6.45) is -3.57. The summed E-state index contributed by atoms with van der Waals surface area (Å²) in [5.41, 5.74) is 0. The Labute approximate surface area is 100.0 Å². The minimum atomic E-state index is -0.984. The Kier molecular flexibility index (Phi) is 5.98. The Bertz CT molecular complexity index is 192. The molecule has 1 rings (SSSR count). The lowest BCUT2D eigenvalue weighted by molar-refractivity contribution is -0.271. The molecule has 0 aliphatic carbocycles. The van der Waals surface area contributed by atoms with E-state index in [0.29, 0.717) is 12.3 Å². The van der Waals surface area contributed by atoms with Gasteiger partial charge in [0.05, 0.1) is 12.6 Å². The van der Waals surface area contributed by atoms with Crippen LogP contribution in [-0.2, 0) is 9.47 Å². The van der Waals surface area contributed by atoms with Crippen LogP contribution in [0.25, 0.3) is 0 Å². The molecule has 1 unspecified atom stereocenters. The Morgan fingerprint density at radius 1 is 1.38 bits per heavy atom. The van der Waals surface area contributed by atoms with E-state index in [1.54, 1.807) is 0 Å². The van der Waals surface area contributed by atoms with Crippen molar-refractivity contribution >= 4 is 12.6 Å². The molecule has 1 aliphatic heterocycles. The van der Waals surface area contributed by atoms with Gasteiger partial charge in [0.2, 0.25) is 0 Å². The van der Waals surface area contributed by atoms with Crippen molar-refractivity contribution in [3.63, 3.8) is 0 Å². The number of aliphatic hydroxyl groups excluding tert-OH is 3. The van der Waals surface area contributed by atoms with Crippen LogP contribution in [0.2, 0.25) is 0 Å². The predicted molar refractivity (Wildman–Crippen MR) is 60.4 cm³/mol. The molecule has 0 radical (unpaired) electrons. The number of nitrogens with one attached hydrogen (secondary N) is 1. The van der Waals surface area contributed by atoms with Crippen molar-refractivity contribution in [2.75, 3.05) is 26.0 Å². The quantitative estimate of drug-likeness (QED) is 0.363. The zero-order valence-electron chi connectivity index (χ0n) is 9.11. The summed E-state index contributed by atoms with van der Waals surface area (Å²) in [6.45, 7) is 0.212. The maximum absolute atomic E-state index is 9.86. The highest BCUT2D eigenvalue weighted by atomic mass is 32.1. The van der Waals surface area contributed by atoms with E-state index >= 15 is 0 Å².